The maximum Gasteiger partial charge on any atom is 0.261 e. The molecule has 0 aliphatic carbocycles. The van der Waals surface area contributed by atoms with Gasteiger partial charge in [0, 0.05) is 35.6 Å². The molecule has 1 atom stereocenters. The summed E-state index contributed by atoms with van der Waals surface area (Å²) in [6, 6.07) is 20.2. The Kier molecular flexibility index (Phi) is 5.71. The Morgan fingerprint density at radius 1 is 0.938 bits per heavy atom. The number of sulfonamides is 1. The highest BCUT2D eigenvalue weighted by Gasteiger charge is 2.32. The minimum Gasteiger partial charge on any atom is -0.326 e. The van der Waals surface area contributed by atoms with Crippen LogP contribution >= 0.6 is 0 Å². The van der Waals surface area contributed by atoms with E-state index in [4.69, 9.17) is 0 Å². The zero-order valence-corrected chi connectivity index (χ0v) is 18.5. The first-order valence-corrected chi connectivity index (χ1v) is 11.6. The van der Waals surface area contributed by atoms with E-state index in [1.807, 2.05) is 25.1 Å². The van der Waals surface area contributed by atoms with Gasteiger partial charge in [0.25, 0.3) is 15.9 Å². The number of hydrogen-bond donors (Lipinski definition) is 2. The highest BCUT2D eigenvalue weighted by Crippen LogP contribution is 2.35. The third-order valence-electron chi connectivity index (χ3n) is 5.27. The number of nitrogens with zero attached hydrogens (tertiary/aromatic N) is 1. The molecule has 0 spiro atoms. The van der Waals surface area contributed by atoms with Crippen LogP contribution in [0, 0.1) is 0 Å². The molecule has 1 aliphatic heterocycles. The highest BCUT2D eigenvalue weighted by atomic mass is 32.2. The number of amides is 2. The minimum absolute atomic E-state index is 0.0788. The Morgan fingerprint density at radius 3 is 2.25 bits per heavy atom. The van der Waals surface area contributed by atoms with Crippen LogP contribution in [0.15, 0.2) is 77.7 Å². The third kappa shape index (κ3) is 4.36. The second-order valence-electron chi connectivity index (χ2n) is 7.75. The quantitative estimate of drug-likeness (QED) is 0.615. The lowest BCUT2D eigenvalue weighted by atomic mass is 10.1. The van der Waals surface area contributed by atoms with Crippen LogP contribution in [0.5, 0.6) is 0 Å². The summed E-state index contributed by atoms with van der Waals surface area (Å²) in [5, 5.41) is 2.64. The van der Waals surface area contributed by atoms with Crippen molar-refractivity contribution in [3.8, 4) is 0 Å². The Morgan fingerprint density at radius 2 is 1.59 bits per heavy atom. The van der Waals surface area contributed by atoms with Gasteiger partial charge in [0.1, 0.15) is 0 Å². The lowest BCUT2D eigenvalue weighted by molar-refractivity contribution is -0.114. The molecule has 1 aliphatic rings. The summed E-state index contributed by atoms with van der Waals surface area (Å²) in [4.78, 5) is 26.0. The lowest BCUT2D eigenvalue weighted by Gasteiger charge is -2.23. The van der Waals surface area contributed by atoms with Crippen LogP contribution in [0.2, 0.25) is 0 Å². The van der Waals surface area contributed by atoms with Gasteiger partial charge < -0.3 is 10.2 Å². The van der Waals surface area contributed by atoms with Crippen molar-refractivity contribution in [1.29, 1.82) is 0 Å². The fraction of sp³-hybridized carbons (Fsp3) is 0.167. The second kappa shape index (κ2) is 8.47. The van der Waals surface area contributed by atoms with Gasteiger partial charge in [0.05, 0.1) is 4.90 Å². The normalized spacial score (nSPS) is 15.2. The van der Waals surface area contributed by atoms with Crippen LogP contribution in [-0.4, -0.2) is 26.3 Å². The van der Waals surface area contributed by atoms with Crippen molar-refractivity contribution in [2.24, 2.45) is 0 Å². The molecule has 0 unspecified atom stereocenters. The number of rotatable bonds is 5. The molecule has 0 saturated heterocycles. The summed E-state index contributed by atoms with van der Waals surface area (Å²) in [5.41, 5.74) is 3.09. The van der Waals surface area contributed by atoms with Crippen molar-refractivity contribution in [1.82, 2.24) is 0 Å². The molecule has 2 N–H and O–H groups in total. The monoisotopic (exact) mass is 449 g/mol. The third-order valence-corrected chi connectivity index (χ3v) is 6.65. The fourth-order valence-corrected chi connectivity index (χ4v) is 4.95. The first kappa shape index (κ1) is 21.6. The lowest BCUT2D eigenvalue weighted by Crippen LogP contribution is -2.35. The Balaban J connectivity index is 1.57. The molecular formula is C24H23N3O4S. The van der Waals surface area contributed by atoms with E-state index in [1.165, 1.54) is 13.0 Å². The van der Waals surface area contributed by atoms with Crippen molar-refractivity contribution in [3.05, 3.63) is 83.9 Å². The summed E-state index contributed by atoms with van der Waals surface area (Å²) in [7, 11) is -3.82. The summed E-state index contributed by atoms with van der Waals surface area (Å²) in [6.45, 7) is 3.35. The molecule has 0 aromatic heterocycles. The number of carbonyl (C=O) groups is 2. The first-order valence-electron chi connectivity index (χ1n) is 10.2. The summed E-state index contributed by atoms with van der Waals surface area (Å²) in [6.07, 6.45) is 0.572. The fourth-order valence-electron chi connectivity index (χ4n) is 3.84. The van der Waals surface area contributed by atoms with E-state index in [2.05, 4.69) is 10.0 Å². The SMILES string of the molecule is CC(=O)Nc1ccc(NS(=O)(=O)c2ccc3c(c2)C[C@H](C)N3C(=O)c2ccccc2)cc1. The second-order valence-corrected chi connectivity index (χ2v) is 9.43. The van der Waals surface area contributed by atoms with Crippen LogP contribution in [0.1, 0.15) is 29.8 Å². The Hall–Kier alpha value is -3.65. The molecule has 32 heavy (non-hydrogen) atoms. The Labute approximate surface area is 187 Å². The van der Waals surface area contributed by atoms with E-state index < -0.39 is 10.0 Å². The highest BCUT2D eigenvalue weighted by molar-refractivity contribution is 7.92. The predicted octanol–water partition coefficient (Wildman–Crippen LogP) is 4.04. The van der Waals surface area contributed by atoms with Gasteiger partial charge in [-0.3, -0.25) is 14.3 Å². The van der Waals surface area contributed by atoms with Crippen molar-refractivity contribution in [3.63, 3.8) is 0 Å². The molecule has 0 fully saturated rings. The smallest absolute Gasteiger partial charge is 0.261 e. The van der Waals surface area contributed by atoms with E-state index in [0.29, 0.717) is 23.4 Å². The zero-order valence-electron chi connectivity index (χ0n) is 17.7. The van der Waals surface area contributed by atoms with Gasteiger partial charge in [-0.05, 0) is 73.5 Å². The first-order chi connectivity index (χ1) is 15.2. The van der Waals surface area contributed by atoms with E-state index in [0.717, 1.165) is 11.3 Å². The summed E-state index contributed by atoms with van der Waals surface area (Å²) >= 11 is 0. The van der Waals surface area contributed by atoms with Crippen LogP contribution in [0.4, 0.5) is 17.1 Å². The molecule has 7 nitrogen and oxygen atoms in total. The minimum atomic E-state index is -3.82. The van der Waals surface area contributed by atoms with Gasteiger partial charge in [-0.15, -0.1) is 0 Å². The van der Waals surface area contributed by atoms with Gasteiger partial charge in [0.15, 0.2) is 0 Å². The molecule has 0 saturated carbocycles. The molecule has 3 aromatic rings. The largest absolute Gasteiger partial charge is 0.326 e. The molecule has 0 bridgehead atoms. The van der Waals surface area contributed by atoms with Crippen molar-refractivity contribution in [2.75, 3.05) is 14.9 Å². The molecule has 0 radical (unpaired) electrons. The molecule has 4 rings (SSSR count). The molecule has 8 heteroatoms. The van der Waals surface area contributed by atoms with Gasteiger partial charge in [-0.25, -0.2) is 8.42 Å². The van der Waals surface area contributed by atoms with Gasteiger partial charge in [-0.1, -0.05) is 18.2 Å². The van der Waals surface area contributed by atoms with Crippen LogP contribution in [-0.2, 0) is 21.2 Å². The molecule has 2 amide bonds. The summed E-state index contributed by atoms with van der Waals surface area (Å²) < 4.78 is 28.4. The zero-order chi connectivity index (χ0) is 22.9. The number of carbonyl (C=O) groups excluding carboxylic acids is 2. The molecule has 3 aromatic carbocycles. The maximum absolute atomic E-state index is 13.0. The van der Waals surface area contributed by atoms with Gasteiger partial charge in [-0.2, -0.15) is 0 Å². The van der Waals surface area contributed by atoms with E-state index in [1.54, 1.807) is 53.4 Å². The number of hydrogen-bond acceptors (Lipinski definition) is 4. The van der Waals surface area contributed by atoms with Crippen molar-refractivity contribution < 1.29 is 18.0 Å². The van der Waals surface area contributed by atoms with Crippen molar-refractivity contribution >= 4 is 38.9 Å². The number of benzene rings is 3. The van der Waals surface area contributed by atoms with E-state index in [-0.39, 0.29) is 22.8 Å². The average Bonchev–Trinajstić information content (AvgIpc) is 3.09. The standard InChI is InChI=1S/C24H23N3O4S/c1-16-14-19-15-22(12-13-23(19)27(16)24(29)18-6-4-3-5-7-18)32(30,31)26-21-10-8-20(9-11-21)25-17(2)28/h3-13,15-16,26H,14H2,1-2H3,(H,25,28)/t16-/m0/s1. The molecule has 1 heterocycles. The topological polar surface area (TPSA) is 95.6 Å². The molecule has 164 valence electrons. The number of fused-ring (bicyclic) bond motifs is 1. The van der Waals surface area contributed by atoms with E-state index >= 15 is 0 Å². The predicted molar refractivity (Wildman–Crippen MR) is 124 cm³/mol. The van der Waals surface area contributed by atoms with Crippen LogP contribution < -0.4 is 14.9 Å². The number of anilines is 3. The van der Waals surface area contributed by atoms with E-state index in [9.17, 15) is 18.0 Å². The van der Waals surface area contributed by atoms with Gasteiger partial charge in [0.2, 0.25) is 5.91 Å². The maximum atomic E-state index is 13.0. The molecular weight excluding hydrogens is 426 g/mol. The number of nitrogens with one attached hydrogen (secondary N) is 2. The van der Waals surface area contributed by atoms with Gasteiger partial charge >= 0.3 is 0 Å². The van der Waals surface area contributed by atoms with Crippen LogP contribution in [0.3, 0.4) is 0 Å². The average molecular weight is 450 g/mol. The Bertz CT molecular complexity index is 1270. The van der Waals surface area contributed by atoms with Crippen LogP contribution in [0.25, 0.3) is 0 Å². The summed E-state index contributed by atoms with van der Waals surface area (Å²) in [5.74, 6) is -0.310. The van der Waals surface area contributed by atoms with Crippen molar-refractivity contribution in [2.45, 2.75) is 31.2 Å².